The summed E-state index contributed by atoms with van der Waals surface area (Å²) in [6.07, 6.45) is 3.75. The van der Waals surface area contributed by atoms with Crippen LogP contribution in [0.15, 0.2) is 72.8 Å². The third kappa shape index (κ3) is 4.84. The van der Waals surface area contributed by atoms with Crippen LogP contribution in [0.5, 0.6) is 11.6 Å². The van der Waals surface area contributed by atoms with Gasteiger partial charge in [0.15, 0.2) is 0 Å². The summed E-state index contributed by atoms with van der Waals surface area (Å²) in [6.45, 7) is 0.137. The summed E-state index contributed by atoms with van der Waals surface area (Å²) in [5.41, 5.74) is 3.69. The second-order valence-electron chi connectivity index (χ2n) is 6.72. The van der Waals surface area contributed by atoms with Crippen molar-refractivity contribution in [2.24, 2.45) is 0 Å². The molecule has 4 aromatic rings. The predicted molar refractivity (Wildman–Crippen MR) is 119 cm³/mol. The van der Waals surface area contributed by atoms with E-state index in [9.17, 15) is 10.1 Å². The molecule has 7 nitrogen and oxygen atoms in total. The monoisotopic (exact) mass is 413 g/mol. The lowest BCUT2D eigenvalue weighted by atomic mass is 10.2. The van der Waals surface area contributed by atoms with Crippen LogP contribution in [0.1, 0.15) is 16.8 Å². The molecule has 0 saturated carbocycles. The van der Waals surface area contributed by atoms with Crippen molar-refractivity contribution < 1.29 is 14.4 Å². The highest BCUT2D eigenvalue weighted by Crippen LogP contribution is 2.23. The number of para-hydroxylation sites is 2. The van der Waals surface area contributed by atoms with Crippen LogP contribution in [-0.4, -0.2) is 22.0 Å². The first-order valence-electron chi connectivity index (χ1n) is 9.57. The van der Waals surface area contributed by atoms with E-state index in [2.05, 4.69) is 9.97 Å². The van der Waals surface area contributed by atoms with Crippen LogP contribution in [0, 0.1) is 10.1 Å². The van der Waals surface area contributed by atoms with Gasteiger partial charge in [0.05, 0.1) is 23.1 Å². The summed E-state index contributed by atoms with van der Waals surface area (Å²) in [6, 6.07) is 21.5. The highest BCUT2D eigenvalue weighted by Gasteiger charge is 2.10. The summed E-state index contributed by atoms with van der Waals surface area (Å²) >= 11 is 0. The van der Waals surface area contributed by atoms with Crippen molar-refractivity contribution in [2.75, 3.05) is 7.11 Å². The van der Waals surface area contributed by atoms with E-state index in [1.807, 2.05) is 60.7 Å². The fraction of sp³-hybridized carbons (Fsp3) is 0.0833. The molecule has 0 aliphatic heterocycles. The Bertz CT molecular complexity index is 1250. The van der Waals surface area contributed by atoms with Crippen molar-refractivity contribution in [3.05, 3.63) is 99.7 Å². The third-order valence-electron chi connectivity index (χ3n) is 4.61. The highest BCUT2D eigenvalue weighted by molar-refractivity contribution is 5.79. The Morgan fingerprint density at radius 3 is 2.39 bits per heavy atom. The Hall–Kier alpha value is -4.26. The van der Waals surface area contributed by atoms with E-state index >= 15 is 0 Å². The fourth-order valence-corrected chi connectivity index (χ4v) is 3.01. The summed E-state index contributed by atoms with van der Waals surface area (Å²) in [5, 5.41) is 11.0. The number of ether oxygens (including phenoxy) is 2. The molecule has 7 heteroatoms. The number of non-ortho nitro benzene ring substituents is 1. The van der Waals surface area contributed by atoms with E-state index in [-0.39, 0.29) is 12.3 Å². The SMILES string of the molecule is COc1ccc(C=Cc2nc3ccccc3nc2OCc2cccc([N+](=O)[O-])c2)cc1. The first-order valence-corrected chi connectivity index (χ1v) is 9.57. The van der Waals surface area contributed by atoms with Crippen molar-refractivity contribution in [2.45, 2.75) is 6.61 Å². The van der Waals surface area contributed by atoms with Gasteiger partial charge in [0.25, 0.3) is 5.69 Å². The van der Waals surface area contributed by atoms with Gasteiger partial charge < -0.3 is 9.47 Å². The van der Waals surface area contributed by atoms with Crippen molar-refractivity contribution in [3.8, 4) is 11.6 Å². The average molecular weight is 413 g/mol. The summed E-state index contributed by atoms with van der Waals surface area (Å²) in [5.74, 6) is 1.14. The van der Waals surface area contributed by atoms with Crippen LogP contribution >= 0.6 is 0 Å². The molecule has 0 spiro atoms. The minimum absolute atomic E-state index is 0.0188. The molecule has 0 amide bonds. The number of fused-ring (bicyclic) bond motifs is 1. The number of hydrogen-bond donors (Lipinski definition) is 0. The second kappa shape index (κ2) is 9.04. The molecule has 1 heterocycles. The highest BCUT2D eigenvalue weighted by atomic mass is 16.6. The number of rotatable bonds is 7. The van der Waals surface area contributed by atoms with Gasteiger partial charge in [-0.3, -0.25) is 10.1 Å². The lowest BCUT2D eigenvalue weighted by Crippen LogP contribution is -2.02. The minimum Gasteiger partial charge on any atom is -0.497 e. The summed E-state index contributed by atoms with van der Waals surface area (Å²) in [4.78, 5) is 19.9. The van der Waals surface area contributed by atoms with Crippen LogP contribution in [-0.2, 0) is 6.61 Å². The third-order valence-corrected chi connectivity index (χ3v) is 4.61. The molecule has 0 atom stereocenters. The molecule has 0 unspecified atom stereocenters. The lowest BCUT2D eigenvalue weighted by Gasteiger charge is -2.09. The molecule has 0 N–H and O–H groups in total. The van der Waals surface area contributed by atoms with Gasteiger partial charge in [0.2, 0.25) is 5.88 Å². The van der Waals surface area contributed by atoms with Crippen LogP contribution in [0.2, 0.25) is 0 Å². The van der Waals surface area contributed by atoms with Crippen LogP contribution in [0.25, 0.3) is 23.2 Å². The molecule has 4 rings (SSSR count). The Morgan fingerprint density at radius 1 is 0.935 bits per heavy atom. The molecule has 154 valence electrons. The Morgan fingerprint density at radius 2 is 1.68 bits per heavy atom. The quantitative estimate of drug-likeness (QED) is 0.302. The lowest BCUT2D eigenvalue weighted by molar-refractivity contribution is -0.384. The fourth-order valence-electron chi connectivity index (χ4n) is 3.01. The zero-order valence-corrected chi connectivity index (χ0v) is 16.8. The standard InChI is InChI=1S/C24H19N3O4/c1-30-20-12-9-17(10-13-20)11-14-23-24(26-22-8-3-2-7-21(22)25-23)31-16-18-5-4-6-19(15-18)27(28)29/h2-15H,16H2,1H3. The van der Waals surface area contributed by atoms with Crippen LogP contribution < -0.4 is 9.47 Å². The average Bonchev–Trinajstić information content (AvgIpc) is 2.81. The van der Waals surface area contributed by atoms with E-state index in [0.717, 1.165) is 16.8 Å². The molecule has 3 aromatic carbocycles. The van der Waals surface area contributed by atoms with Crippen molar-refractivity contribution in [1.82, 2.24) is 9.97 Å². The van der Waals surface area contributed by atoms with Crippen molar-refractivity contribution in [3.63, 3.8) is 0 Å². The Labute approximate surface area is 178 Å². The van der Waals surface area contributed by atoms with E-state index < -0.39 is 4.92 Å². The van der Waals surface area contributed by atoms with Gasteiger partial charge in [0.1, 0.15) is 18.1 Å². The molecule has 1 aromatic heterocycles. The van der Waals surface area contributed by atoms with Gasteiger partial charge in [0, 0.05) is 12.1 Å². The van der Waals surface area contributed by atoms with Gasteiger partial charge in [-0.15, -0.1) is 0 Å². The number of methoxy groups -OCH3 is 1. The molecule has 0 bridgehead atoms. The first-order chi connectivity index (χ1) is 15.1. The van der Waals surface area contributed by atoms with Gasteiger partial charge >= 0.3 is 0 Å². The maximum Gasteiger partial charge on any atom is 0.269 e. The zero-order valence-electron chi connectivity index (χ0n) is 16.8. The van der Waals surface area contributed by atoms with Gasteiger partial charge in [-0.2, -0.15) is 0 Å². The maximum absolute atomic E-state index is 11.0. The number of aromatic nitrogens is 2. The predicted octanol–water partition coefficient (Wildman–Crippen LogP) is 5.30. The van der Waals surface area contributed by atoms with E-state index in [1.165, 1.54) is 12.1 Å². The number of nitro groups is 1. The topological polar surface area (TPSA) is 87.4 Å². The number of nitro benzene ring substituents is 1. The molecule has 0 aliphatic rings. The van der Waals surface area contributed by atoms with Crippen LogP contribution in [0.4, 0.5) is 5.69 Å². The number of hydrogen-bond acceptors (Lipinski definition) is 6. The van der Waals surface area contributed by atoms with Gasteiger partial charge in [-0.05, 0) is 41.5 Å². The van der Waals surface area contributed by atoms with E-state index in [0.29, 0.717) is 22.7 Å². The maximum atomic E-state index is 11.0. The van der Waals surface area contributed by atoms with Crippen molar-refractivity contribution >= 4 is 28.9 Å². The van der Waals surface area contributed by atoms with Crippen LogP contribution in [0.3, 0.4) is 0 Å². The molecule has 0 radical (unpaired) electrons. The smallest absolute Gasteiger partial charge is 0.269 e. The molecule has 0 aliphatic carbocycles. The van der Waals surface area contributed by atoms with Gasteiger partial charge in [-0.25, -0.2) is 9.97 Å². The molecule has 0 fully saturated rings. The first kappa shape index (κ1) is 20.0. The molecular weight excluding hydrogens is 394 g/mol. The van der Waals surface area contributed by atoms with E-state index in [1.54, 1.807) is 19.2 Å². The summed E-state index contributed by atoms with van der Waals surface area (Å²) < 4.78 is 11.1. The minimum atomic E-state index is -0.428. The normalized spacial score (nSPS) is 11.0. The van der Waals surface area contributed by atoms with Gasteiger partial charge in [-0.1, -0.05) is 42.5 Å². The second-order valence-corrected chi connectivity index (χ2v) is 6.72. The van der Waals surface area contributed by atoms with E-state index in [4.69, 9.17) is 9.47 Å². The number of nitrogens with zero attached hydrogens (tertiary/aromatic N) is 3. The molecule has 31 heavy (non-hydrogen) atoms. The number of benzene rings is 3. The Balaban J connectivity index is 1.63. The Kier molecular flexibility index (Phi) is 5.84. The molecule has 0 saturated heterocycles. The molecular formula is C24H19N3O4. The van der Waals surface area contributed by atoms with Crippen molar-refractivity contribution in [1.29, 1.82) is 0 Å². The largest absolute Gasteiger partial charge is 0.497 e. The summed E-state index contributed by atoms with van der Waals surface area (Å²) in [7, 11) is 1.63. The zero-order chi connectivity index (χ0) is 21.6.